The molecule has 1 amide bonds. The van der Waals surface area contributed by atoms with Crippen LogP contribution in [0.25, 0.3) is 6.08 Å². The Morgan fingerprint density at radius 2 is 1.89 bits per heavy atom. The van der Waals surface area contributed by atoms with Crippen molar-refractivity contribution in [3.63, 3.8) is 0 Å². The third-order valence-electron chi connectivity index (χ3n) is 3.65. The summed E-state index contributed by atoms with van der Waals surface area (Å²) in [6, 6.07) is 4.35. The van der Waals surface area contributed by atoms with Gasteiger partial charge in [-0.2, -0.15) is 0 Å². The van der Waals surface area contributed by atoms with Gasteiger partial charge in [0.2, 0.25) is 12.7 Å². The number of hydrogen-bond acceptors (Lipinski definition) is 7. The number of rotatable bonds is 9. The molecule has 0 radical (unpaired) electrons. The smallest absolute Gasteiger partial charge is 0.328 e. The van der Waals surface area contributed by atoms with E-state index >= 15 is 0 Å². The van der Waals surface area contributed by atoms with Crippen LogP contribution in [0, 0.1) is 0 Å². The molecule has 8 nitrogen and oxygen atoms in total. The minimum Gasteiger partial charge on any atom is -0.466 e. The van der Waals surface area contributed by atoms with Gasteiger partial charge in [0.15, 0.2) is 11.5 Å². The predicted octanol–water partition coefficient (Wildman–Crippen LogP) is 1.82. The van der Waals surface area contributed by atoms with Crippen molar-refractivity contribution in [2.24, 2.45) is 0 Å². The Morgan fingerprint density at radius 1 is 1.15 bits per heavy atom. The van der Waals surface area contributed by atoms with Crippen molar-refractivity contribution in [2.45, 2.75) is 32.7 Å². The fourth-order valence-corrected chi connectivity index (χ4v) is 2.40. The first-order chi connectivity index (χ1) is 13.0. The van der Waals surface area contributed by atoms with E-state index in [0.29, 0.717) is 11.5 Å². The molecule has 0 saturated heterocycles. The van der Waals surface area contributed by atoms with Crippen LogP contribution in [0.3, 0.4) is 0 Å². The zero-order valence-corrected chi connectivity index (χ0v) is 15.4. The summed E-state index contributed by atoms with van der Waals surface area (Å²) in [5.74, 6) is -0.243. The monoisotopic (exact) mass is 377 g/mol. The lowest BCUT2D eigenvalue weighted by Gasteiger charge is -2.16. The van der Waals surface area contributed by atoms with Gasteiger partial charge in [-0.3, -0.25) is 9.59 Å². The first kappa shape index (κ1) is 20.3. The van der Waals surface area contributed by atoms with Crippen molar-refractivity contribution in [3.8, 4) is 11.5 Å². The SMILES string of the molecule is CCOC(=O)CC[C@H](NC(=O)/C=C/c1ccc2c(c1)OCO2)C(=O)OCC. The number of carbonyl (C=O) groups excluding carboxylic acids is 3. The molecule has 0 aliphatic carbocycles. The van der Waals surface area contributed by atoms with Gasteiger partial charge in [0.1, 0.15) is 6.04 Å². The number of carbonyl (C=O) groups is 3. The molecule has 0 unspecified atom stereocenters. The van der Waals surface area contributed by atoms with Gasteiger partial charge in [-0.25, -0.2) is 4.79 Å². The highest BCUT2D eigenvalue weighted by molar-refractivity contribution is 5.94. The maximum absolute atomic E-state index is 12.2. The molecule has 0 aromatic heterocycles. The summed E-state index contributed by atoms with van der Waals surface area (Å²) in [5.41, 5.74) is 0.744. The summed E-state index contributed by atoms with van der Waals surface area (Å²) in [7, 11) is 0. The lowest BCUT2D eigenvalue weighted by molar-refractivity contribution is -0.148. The topological polar surface area (TPSA) is 100 Å². The molecule has 27 heavy (non-hydrogen) atoms. The molecule has 0 spiro atoms. The van der Waals surface area contributed by atoms with Crippen LogP contribution in [0.4, 0.5) is 0 Å². The molecule has 0 bridgehead atoms. The van der Waals surface area contributed by atoms with Crippen LogP contribution in [0.15, 0.2) is 24.3 Å². The van der Waals surface area contributed by atoms with Gasteiger partial charge in [0, 0.05) is 12.5 Å². The molecule has 1 N–H and O–H groups in total. The average molecular weight is 377 g/mol. The molecule has 1 aromatic rings. The van der Waals surface area contributed by atoms with Crippen molar-refractivity contribution in [1.82, 2.24) is 5.32 Å². The Kier molecular flexibility index (Phi) is 7.66. The number of nitrogens with one attached hydrogen (secondary N) is 1. The highest BCUT2D eigenvalue weighted by atomic mass is 16.7. The van der Waals surface area contributed by atoms with Crippen LogP contribution in [0.2, 0.25) is 0 Å². The number of amides is 1. The average Bonchev–Trinajstić information content (AvgIpc) is 3.11. The zero-order chi connectivity index (χ0) is 19.6. The summed E-state index contributed by atoms with van der Waals surface area (Å²) < 4.78 is 20.3. The molecule has 1 heterocycles. The van der Waals surface area contributed by atoms with E-state index in [9.17, 15) is 14.4 Å². The van der Waals surface area contributed by atoms with Gasteiger partial charge in [0.25, 0.3) is 0 Å². The largest absolute Gasteiger partial charge is 0.466 e. The second-order valence-corrected chi connectivity index (χ2v) is 5.60. The van der Waals surface area contributed by atoms with Crippen LogP contribution in [-0.2, 0) is 23.9 Å². The van der Waals surface area contributed by atoms with Crippen LogP contribution >= 0.6 is 0 Å². The van der Waals surface area contributed by atoms with E-state index in [4.69, 9.17) is 18.9 Å². The van der Waals surface area contributed by atoms with Gasteiger partial charge < -0.3 is 24.3 Å². The molecule has 1 aliphatic heterocycles. The second kappa shape index (κ2) is 10.2. The Hall–Kier alpha value is -3.03. The minimum atomic E-state index is -0.928. The van der Waals surface area contributed by atoms with Crippen LogP contribution in [-0.4, -0.2) is 43.9 Å². The predicted molar refractivity (Wildman–Crippen MR) is 96.0 cm³/mol. The van der Waals surface area contributed by atoms with E-state index in [1.807, 2.05) is 0 Å². The second-order valence-electron chi connectivity index (χ2n) is 5.60. The summed E-state index contributed by atoms with van der Waals surface area (Å²) in [5, 5.41) is 2.56. The van der Waals surface area contributed by atoms with Crippen molar-refractivity contribution in [2.75, 3.05) is 20.0 Å². The van der Waals surface area contributed by atoms with E-state index in [0.717, 1.165) is 5.56 Å². The first-order valence-electron chi connectivity index (χ1n) is 8.74. The van der Waals surface area contributed by atoms with Crippen molar-refractivity contribution in [1.29, 1.82) is 0 Å². The first-order valence-corrected chi connectivity index (χ1v) is 8.74. The maximum atomic E-state index is 12.2. The molecule has 1 atom stereocenters. The number of ether oxygens (including phenoxy) is 4. The zero-order valence-electron chi connectivity index (χ0n) is 15.4. The van der Waals surface area contributed by atoms with Gasteiger partial charge in [-0.1, -0.05) is 6.07 Å². The van der Waals surface area contributed by atoms with Crippen molar-refractivity contribution >= 4 is 23.9 Å². The van der Waals surface area contributed by atoms with Gasteiger partial charge in [-0.15, -0.1) is 0 Å². The standard InChI is InChI=1S/C19H23NO7/c1-3-24-18(22)10-7-14(19(23)25-4-2)20-17(21)9-6-13-5-8-15-16(11-13)27-12-26-15/h5-6,8-9,11,14H,3-4,7,10,12H2,1-2H3,(H,20,21)/b9-6+/t14-/m0/s1. The fourth-order valence-electron chi connectivity index (χ4n) is 2.40. The highest BCUT2D eigenvalue weighted by Gasteiger charge is 2.22. The maximum Gasteiger partial charge on any atom is 0.328 e. The summed E-state index contributed by atoms with van der Waals surface area (Å²) in [6.07, 6.45) is 2.99. The number of esters is 2. The van der Waals surface area contributed by atoms with E-state index in [1.54, 1.807) is 38.1 Å². The molecule has 146 valence electrons. The Bertz CT molecular complexity index is 714. The Morgan fingerprint density at radius 3 is 2.63 bits per heavy atom. The summed E-state index contributed by atoms with van der Waals surface area (Å²) >= 11 is 0. The van der Waals surface area contributed by atoms with E-state index < -0.39 is 23.9 Å². The third-order valence-corrected chi connectivity index (χ3v) is 3.65. The fraction of sp³-hybridized carbons (Fsp3) is 0.421. The molecule has 2 rings (SSSR count). The van der Waals surface area contributed by atoms with E-state index in [2.05, 4.69) is 5.32 Å². The van der Waals surface area contributed by atoms with Crippen molar-refractivity contribution in [3.05, 3.63) is 29.8 Å². The lowest BCUT2D eigenvalue weighted by Crippen LogP contribution is -2.41. The Labute approximate surface area is 157 Å². The molecule has 0 fully saturated rings. The quantitative estimate of drug-likeness (QED) is 0.517. The van der Waals surface area contributed by atoms with Gasteiger partial charge in [0.05, 0.1) is 13.2 Å². The van der Waals surface area contributed by atoms with Crippen LogP contribution in [0.5, 0.6) is 11.5 Å². The lowest BCUT2D eigenvalue weighted by atomic mass is 10.1. The molecule has 8 heteroatoms. The Balaban J connectivity index is 1.95. The normalized spacial score (nSPS) is 13.3. The van der Waals surface area contributed by atoms with Crippen molar-refractivity contribution < 1.29 is 33.3 Å². The molecule has 1 aromatic carbocycles. The summed E-state index contributed by atoms with van der Waals surface area (Å²) in [4.78, 5) is 35.7. The van der Waals surface area contributed by atoms with Gasteiger partial charge in [-0.05, 0) is 44.0 Å². The summed E-state index contributed by atoms with van der Waals surface area (Å²) in [6.45, 7) is 3.97. The van der Waals surface area contributed by atoms with E-state index in [1.165, 1.54) is 6.08 Å². The molecule has 1 aliphatic rings. The molecule has 0 saturated carbocycles. The molecular formula is C19H23NO7. The highest BCUT2D eigenvalue weighted by Crippen LogP contribution is 2.32. The van der Waals surface area contributed by atoms with Gasteiger partial charge >= 0.3 is 11.9 Å². The van der Waals surface area contributed by atoms with E-state index in [-0.39, 0.29) is 32.8 Å². The minimum absolute atomic E-state index is 0.00345. The van der Waals surface area contributed by atoms with Crippen LogP contribution in [0.1, 0.15) is 32.3 Å². The third kappa shape index (κ3) is 6.32. The number of fused-ring (bicyclic) bond motifs is 1. The number of benzene rings is 1. The molecular weight excluding hydrogens is 354 g/mol. The number of hydrogen-bond donors (Lipinski definition) is 1. The van der Waals surface area contributed by atoms with Crippen LogP contribution < -0.4 is 14.8 Å².